The Kier molecular flexibility index (Phi) is 5.22. The van der Waals surface area contributed by atoms with Gasteiger partial charge in [0.25, 0.3) is 0 Å². The summed E-state index contributed by atoms with van der Waals surface area (Å²) in [7, 11) is 0. The molecule has 0 bridgehead atoms. The molecular formula is C20H28N2O2. The molecule has 0 radical (unpaired) electrons. The highest BCUT2D eigenvalue weighted by molar-refractivity contribution is 5.88. The van der Waals surface area contributed by atoms with E-state index in [1.165, 1.54) is 11.1 Å². The quantitative estimate of drug-likeness (QED) is 0.927. The monoisotopic (exact) mass is 328 g/mol. The summed E-state index contributed by atoms with van der Waals surface area (Å²) in [5, 5.41) is 3.22. The van der Waals surface area contributed by atoms with Gasteiger partial charge in [-0.1, -0.05) is 38.1 Å². The number of nitrogens with one attached hydrogen (secondary N) is 1. The van der Waals surface area contributed by atoms with Crippen molar-refractivity contribution in [3.63, 3.8) is 0 Å². The lowest BCUT2D eigenvalue weighted by Crippen LogP contribution is -2.55. The minimum atomic E-state index is -0.286. The number of nitrogens with zero attached hydrogens (tertiary/aromatic N) is 1. The van der Waals surface area contributed by atoms with E-state index in [-0.39, 0.29) is 29.8 Å². The molecule has 4 nitrogen and oxygen atoms in total. The Morgan fingerprint density at radius 1 is 1.12 bits per heavy atom. The van der Waals surface area contributed by atoms with E-state index in [2.05, 4.69) is 29.6 Å². The Labute approximate surface area is 144 Å². The molecular weight excluding hydrogens is 300 g/mol. The van der Waals surface area contributed by atoms with Gasteiger partial charge in [-0.2, -0.15) is 0 Å². The fraction of sp³-hybridized carbons (Fsp3) is 0.600. The van der Waals surface area contributed by atoms with Crippen LogP contribution in [-0.4, -0.2) is 35.3 Å². The highest BCUT2D eigenvalue weighted by Crippen LogP contribution is 2.23. The van der Waals surface area contributed by atoms with E-state index in [0.29, 0.717) is 6.54 Å². The number of hydrogen-bond donors (Lipinski definition) is 1. The van der Waals surface area contributed by atoms with E-state index in [1.54, 1.807) is 4.90 Å². The summed E-state index contributed by atoms with van der Waals surface area (Å²) in [6.07, 6.45) is 5.70. The van der Waals surface area contributed by atoms with E-state index in [0.717, 1.165) is 38.5 Å². The van der Waals surface area contributed by atoms with Gasteiger partial charge in [-0.25, -0.2) is 0 Å². The lowest BCUT2D eigenvalue weighted by atomic mass is 9.88. The van der Waals surface area contributed by atoms with Crippen molar-refractivity contribution < 1.29 is 9.59 Å². The van der Waals surface area contributed by atoms with Gasteiger partial charge in [0.05, 0.1) is 0 Å². The summed E-state index contributed by atoms with van der Waals surface area (Å²) in [4.78, 5) is 27.0. The predicted octanol–water partition coefficient (Wildman–Crippen LogP) is 2.70. The molecule has 130 valence electrons. The molecule has 0 aromatic heterocycles. The standard InChI is InChI=1S/C20H28N2O2/c1-14(2)20(24)22-12-6-5-9-18(22)19(23)21-17-11-10-15-7-3-4-8-16(15)13-17/h3-4,7-8,14,17-18H,5-6,9-13H2,1-2H3,(H,21,23)/t17-,18-/m0/s1. The lowest BCUT2D eigenvalue weighted by molar-refractivity contribution is -0.145. The maximum absolute atomic E-state index is 12.8. The van der Waals surface area contributed by atoms with E-state index in [4.69, 9.17) is 0 Å². The number of likely N-dealkylation sites (tertiary alicyclic amines) is 1. The molecule has 24 heavy (non-hydrogen) atoms. The summed E-state index contributed by atoms with van der Waals surface area (Å²) < 4.78 is 0. The number of carbonyl (C=O) groups is 2. The van der Waals surface area contributed by atoms with Crippen LogP contribution in [0.25, 0.3) is 0 Å². The highest BCUT2D eigenvalue weighted by Gasteiger charge is 2.34. The number of hydrogen-bond acceptors (Lipinski definition) is 2. The van der Waals surface area contributed by atoms with Crippen molar-refractivity contribution >= 4 is 11.8 Å². The predicted molar refractivity (Wildman–Crippen MR) is 94.6 cm³/mol. The molecule has 1 fully saturated rings. The minimum absolute atomic E-state index is 0.0353. The summed E-state index contributed by atoms with van der Waals surface area (Å²) in [5.74, 6) is 0.0804. The van der Waals surface area contributed by atoms with E-state index >= 15 is 0 Å². The topological polar surface area (TPSA) is 49.4 Å². The molecule has 1 N–H and O–H groups in total. The zero-order valence-corrected chi connectivity index (χ0v) is 14.8. The number of amides is 2. The Morgan fingerprint density at radius 2 is 1.88 bits per heavy atom. The second-order valence-corrected chi connectivity index (χ2v) is 7.41. The third-order valence-corrected chi connectivity index (χ3v) is 5.28. The Morgan fingerprint density at radius 3 is 2.62 bits per heavy atom. The van der Waals surface area contributed by atoms with Gasteiger partial charge in [-0.15, -0.1) is 0 Å². The van der Waals surface area contributed by atoms with Crippen LogP contribution in [0, 0.1) is 5.92 Å². The van der Waals surface area contributed by atoms with Crippen molar-refractivity contribution in [2.24, 2.45) is 5.92 Å². The van der Waals surface area contributed by atoms with Crippen LogP contribution in [0.1, 0.15) is 50.7 Å². The number of fused-ring (bicyclic) bond motifs is 1. The maximum Gasteiger partial charge on any atom is 0.243 e. The molecule has 1 heterocycles. The second kappa shape index (κ2) is 7.37. The van der Waals surface area contributed by atoms with Crippen LogP contribution in [0.5, 0.6) is 0 Å². The summed E-state index contributed by atoms with van der Waals surface area (Å²) in [6, 6.07) is 8.37. The van der Waals surface area contributed by atoms with Gasteiger partial charge in [-0.3, -0.25) is 9.59 Å². The molecule has 1 aliphatic heterocycles. The van der Waals surface area contributed by atoms with Crippen LogP contribution in [0.2, 0.25) is 0 Å². The molecule has 1 aromatic rings. The molecule has 3 rings (SSSR count). The van der Waals surface area contributed by atoms with Crippen LogP contribution in [0.3, 0.4) is 0 Å². The first-order valence-corrected chi connectivity index (χ1v) is 9.24. The van der Waals surface area contributed by atoms with Crippen molar-refractivity contribution in [1.82, 2.24) is 10.2 Å². The summed E-state index contributed by atoms with van der Waals surface area (Å²) in [5.41, 5.74) is 2.74. The van der Waals surface area contributed by atoms with Crippen molar-refractivity contribution in [3.05, 3.63) is 35.4 Å². The zero-order valence-electron chi connectivity index (χ0n) is 14.8. The molecule has 2 aliphatic rings. The number of benzene rings is 1. The van der Waals surface area contributed by atoms with E-state index < -0.39 is 0 Å². The highest BCUT2D eigenvalue weighted by atomic mass is 16.2. The first kappa shape index (κ1) is 17.0. The lowest BCUT2D eigenvalue weighted by Gasteiger charge is -2.37. The average molecular weight is 328 g/mol. The van der Waals surface area contributed by atoms with Gasteiger partial charge < -0.3 is 10.2 Å². The number of aryl methyl sites for hydroxylation is 1. The summed E-state index contributed by atoms with van der Waals surface area (Å²) in [6.45, 7) is 4.52. The van der Waals surface area contributed by atoms with Crippen LogP contribution < -0.4 is 5.32 Å². The van der Waals surface area contributed by atoms with Crippen molar-refractivity contribution in [2.45, 2.75) is 64.5 Å². The van der Waals surface area contributed by atoms with Crippen molar-refractivity contribution in [1.29, 1.82) is 0 Å². The Hall–Kier alpha value is -1.84. The number of rotatable bonds is 3. The third kappa shape index (κ3) is 3.63. The smallest absolute Gasteiger partial charge is 0.243 e. The third-order valence-electron chi connectivity index (χ3n) is 5.28. The summed E-state index contributed by atoms with van der Waals surface area (Å²) >= 11 is 0. The fourth-order valence-electron chi connectivity index (χ4n) is 3.92. The van der Waals surface area contributed by atoms with Gasteiger partial charge in [-0.05, 0) is 49.7 Å². The molecule has 2 amide bonds. The largest absolute Gasteiger partial charge is 0.351 e. The van der Waals surface area contributed by atoms with Crippen LogP contribution in [0.4, 0.5) is 0 Å². The van der Waals surface area contributed by atoms with Crippen LogP contribution in [-0.2, 0) is 22.4 Å². The second-order valence-electron chi connectivity index (χ2n) is 7.41. The first-order valence-electron chi connectivity index (χ1n) is 9.24. The van der Waals surface area contributed by atoms with Gasteiger partial charge in [0.1, 0.15) is 6.04 Å². The molecule has 1 aliphatic carbocycles. The normalized spacial score (nSPS) is 23.7. The Balaban J connectivity index is 1.64. The van der Waals surface area contributed by atoms with E-state index in [9.17, 15) is 9.59 Å². The van der Waals surface area contributed by atoms with Crippen molar-refractivity contribution in [2.75, 3.05) is 6.54 Å². The van der Waals surface area contributed by atoms with Gasteiger partial charge >= 0.3 is 0 Å². The molecule has 2 atom stereocenters. The van der Waals surface area contributed by atoms with Gasteiger partial charge in [0.15, 0.2) is 0 Å². The van der Waals surface area contributed by atoms with Crippen LogP contribution >= 0.6 is 0 Å². The SMILES string of the molecule is CC(C)C(=O)N1CCCC[C@H]1C(=O)N[C@H]1CCc2ccccc2C1. The number of piperidine rings is 1. The molecule has 0 saturated carbocycles. The van der Waals surface area contributed by atoms with Gasteiger partial charge in [0.2, 0.25) is 11.8 Å². The Bertz CT molecular complexity index is 611. The molecule has 0 unspecified atom stereocenters. The zero-order chi connectivity index (χ0) is 17.1. The molecule has 4 heteroatoms. The molecule has 0 spiro atoms. The van der Waals surface area contributed by atoms with Crippen LogP contribution in [0.15, 0.2) is 24.3 Å². The maximum atomic E-state index is 12.8. The van der Waals surface area contributed by atoms with Gasteiger partial charge in [0, 0.05) is 18.5 Å². The first-order chi connectivity index (χ1) is 11.6. The minimum Gasteiger partial charge on any atom is -0.351 e. The van der Waals surface area contributed by atoms with E-state index in [1.807, 2.05) is 13.8 Å². The number of carbonyl (C=O) groups excluding carboxylic acids is 2. The fourth-order valence-corrected chi connectivity index (χ4v) is 3.92. The molecule has 1 aromatic carbocycles. The molecule has 1 saturated heterocycles. The average Bonchev–Trinajstić information content (AvgIpc) is 2.60. The van der Waals surface area contributed by atoms with Crippen molar-refractivity contribution in [3.8, 4) is 0 Å².